The van der Waals surface area contributed by atoms with E-state index >= 15 is 0 Å². The fraction of sp³-hybridized carbons (Fsp3) is 0.500. The lowest BCUT2D eigenvalue weighted by molar-refractivity contribution is -0.125. The fourth-order valence-electron chi connectivity index (χ4n) is 2.63. The molecule has 0 unspecified atom stereocenters. The lowest BCUT2D eigenvalue weighted by Gasteiger charge is -2.18. The van der Waals surface area contributed by atoms with Crippen molar-refractivity contribution >= 4 is 12.0 Å². The standard InChI is InChI=1S/C18H25NO3/c1-3-22-16-10-8-15(14-17(16)21-2)9-11-18(20)19-12-6-4-5-7-13-19/h8-11,14H,3-7,12-13H2,1-2H3. The maximum Gasteiger partial charge on any atom is 0.246 e. The molecular weight excluding hydrogens is 278 g/mol. The van der Waals surface area contributed by atoms with Crippen LogP contribution in [0, 0.1) is 0 Å². The Morgan fingerprint density at radius 1 is 1.18 bits per heavy atom. The molecule has 0 bridgehead atoms. The van der Waals surface area contributed by atoms with Crippen LogP contribution in [-0.2, 0) is 4.79 Å². The smallest absolute Gasteiger partial charge is 0.246 e. The number of benzene rings is 1. The summed E-state index contributed by atoms with van der Waals surface area (Å²) in [4.78, 5) is 14.2. The van der Waals surface area contributed by atoms with Crippen LogP contribution < -0.4 is 9.47 Å². The second-order valence-electron chi connectivity index (χ2n) is 5.42. The molecule has 1 heterocycles. The van der Waals surface area contributed by atoms with Gasteiger partial charge in [0.15, 0.2) is 11.5 Å². The summed E-state index contributed by atoms with van der Waals surface area (Å²) in [5, 5.41) is 0. The minimum absolute atomic E-state index is 0.0924. The lowest BCUT2D eigenvalue weighted by Crippen LogP contribution is -2.30. The number of hydrogen-bond donors (Lipinski definition) is 0. The van der Waals surface area contributed by atoms with Gasteiger partial charge in [-0.15, -0.1) is 0 Å². The Kier molecular flexibility index (Phi) is 6.31. The Labute approximate surface area is 132 Å². The van der Waals surface area contributed by atoms with Gasteiger partial charge in [0, 0.05) is 19.2 Å². The maximum absolute atomic E-state index is 12.2. The van der Waals surface area contributed by atoms with Gasteiger partial charge in [-0.05, 0) is 43.5 Å². The minimum Gasteiger partial charge on any atom is -0.493 e. The largest absolute Gasteiger partial charge is 0.493 e. The molecule has 4 heteroatoms. The van der Waals surface area contributed by atoms with Gasteiger partial charge in [-0.1, -0.05) is 18.9 Å². The summed E-state index contributed by atoms with van der Waals surface area (Å²) in [6.07, 6.45) is 8.16. The number of carbonyl (C=O) groups is 1. The van der Waals surface area contributed by atoms with E-state index in [0.717, 1.165) is 37.2 Å². The van der Waals surface area contributed by atoms with Gasteiger partial charge in [-0.2, -0.15) is 0 Å². The van der Waals surface area contributed by atoms with Gasteiger partial charge >= 0.3 is 0 Å². The summed E-state index contributed by atoms with van der Waals surface area (Å²) in [6.45, 7) is 4.28. The number of methoxy groups -OCH3 is 1. The summed E-state index contributed by atoms with van der Waals surface area (Å²) in [5.74, 6) is 1.50. The Morgan fingerprint density at radius 2 is 1.91 bits per heavy atom. The fourth-order valence-corrected chi connectivity index (χ4v) is 2.63. The van der Waals surface area contributed by atoms with Gasteiger partial charge in [0.05, 0.1) is 13.7 Å². The molecule has 22 heavy (non-hydrogen) atoms. The molecule has 0 aliphatic carbocycles. The Bertz CT molecular complexity index is 517. The zero-order valence-corrected chi connectivity index (χ0v) is 13.5. The first-order valence-corrected chi connectivity index (χ1v) is 8.02. The summed E-state index contributed by atoms with van der Waals surface area (Å²) in [5.41, 5.74) is 0.934. The molecule has 0 radical (unpaired) electrons. The van der Waals surface area contributed by atoms with Gasteiger partial charge in [-0.3, -0.25) is 4.79 Å². The molecule has 1 amide bonds. The minimum atomic E-state index is 0.0924. The van der Waals surface area contributed by atoms with Crippen LogP contribution in [0.25, 0.3) is 6.08 Å². The summed E-state index contributed by atoms with van der Waals surface area (Å²) < 4.78 is 10.8. The van der Waals surface area contributed by atoms with Crippen molar-refractivity contribution in [3.63, 3.8) is 0 Å². The average molecular weight is 303 g/mol. The van der Waals surface area contributed by atoms with Gasteiger partial charge in [-0.25, -0.2) is 0 Å². The highest BCUT2D eigenvalue weighted by Gasteiger charge is 2.12. The van der Waals surface area contributed by atoms with Gasteiger partial charge in [0.25, 0.3) is 0 Å². The first-order valence-electron chi connectivity index (χ1n) is 8.02. The highest BCUT2D eigenvalue weighted by molar-refractivity contribution is 5.91. The molecule has 0 N–H and O–H groups in total. The molecule has 4 nitrogen and oxygen atoms in total. The quantitative estimate of drug-likeness (QED) is 0.781. The third-order valence-electron chi connectivity index (χ3n) is 3.82. The molecule has 0 saturated carbocycles. The van der Waals surface area contributed by atoms with Gasteiger partial charge in [0.2, 0.25) is 5.91 Å². The summed E-state index contributed by atoms with van der Waals surface area (Å²) >= 11 is 0. The molecule has 1 aliphatic rings. The molecule has 2 rings (SSSR count). The Balaban J connectivity index is 2.03. The zero-order chi connectivity index (χ0) is 15.8. The number of amides is 1. The molecule has 1 aromatic carbocycles. The highest BCUT2D eigenvalue weighted by Crippen LogP contribution is 2.28. The van der Waals surface area contributed by atoms with E-state index in [-0.39, 0.29) is 5.91 Å². The van der Waals surface area contributed by atoms with Crippen LogP contribution in [0.3, 0.4) is 0 Å². The Morgan fingerprint density at radius 3 is 2.55 bits per heavy atom. The van der Waals surface area contributed by atoms with Crippen molar-refractivity contribution in [2.75, 3.05) is 26.8 Å². The molecule has 1 aliphatic heterocycles. The monoisotopic (exact) mass is 303 g/mol. The van der Waals surface area contributed by atoms with Crippen molar-refractivity contribution in [1.82, 2.24) is 4.90 Å². The van der Waals surface area contributed by atoms with Gasteiger partial charge < -0.3 is 14.4 Å². The van der Waals surface area contributed by atoms with Crippen LogP contribution in [0.5, 0.6) is 11.5 Å². The molecule has 1 saturated heterocycles. The highest BCUT2D eigenvalue weighted by atomic mass is 16.5. The third-order valence-corrected chi connectivity index (χ3v) is 3.82. The van der Waals surface area contributed by atoms with Crippen molar-refractivity contribution in [2.45, 2.75) is 32.6 Å². The Hall–Kier alpha value is -1.97. The molecule has 0 aromatic heterocycles. The topological polar surface area (TPSA) is 38.8 Å². The van der Waals surface area contributed by atoms with E-state index in [1.165, 1.54) is 12.8 Å². The second kappa shape index (κ2) is 8.47. The molecule has 1 fully saturated rings. The SMILES string of the molecule is CCOc1ccc(C=CC(=O)N2CCCCCC2)cc1OC. The zero-order valence-electron chi connectivity index (χ0n) is 13.5. The molecule has 1 aromatic rings. The van der Waals surface area contributed by atoms with Crippen LogP contribution in [0.2, 0.25) is 0 Å². The molecule has 0 atom stereocenters. The van der Waals surface area contributed by atoms with Gasteiger partial charge in [0.1, 0.15) is 0 Å². The van der Waals surface area contributed by atoms with Crippen LogP contribution >= 0.6 is 0 Å². The first kappa shape index (κ1) is 16.4. The summed E-state index contributed by atoms with van der Waals surface area (Å²) in [7, 11) is 1.62. The normalized spacial score (nSPS) is 15.6. The first-order chi connectivity index (χ1) is 10.7. The van der Waals surface area contributed by atoms with Crippen molar-refractivity contribution in [3.05, 3.63) is 29.8 Å². The van der Waals surface area contributed by atoms with E-state index < -0.39 is 0 Å². The molecule has 0 spiro atoms. The lowest BCUT2D eigenvalue weighted by atomic mass is 10.2. The number of carbonyl (C=O) groups excluding carboxylic acids is 1. The van der Waals surface area contributed by atoms with Crippen molar-refractivity contribution in [1.29, 1.82) is 0 Å². The van der Waals surface area contributed by atoms with Crippen molar-refractivity contribution in [2.24, 2.45) is 0 Å². The molecule has 120 valence electrons. The maximum atomic E-state index is 12.2. The van der Waals surface area contributed by atoms with Crippen molar-refractivity contribution < 1.29 is 14.3 Å². The van der Waals surface area contributed by atoms with Crippen LogP contribution in [0.4, 0.5) is 0 Å². The van der Waals surface area contributed by atoms with E-state index in [1.807, 2.05) is 36.1 Å². The number of ether oxygens (including phenoxy) is 2. The number of nitrogens with zero attached hydrogens (tertiary/aromatic N) is 1. The number of likely N-dealkylation sites (tertiary alicyclic amines) is 1. The van der Waals surface area contributed by atoms with E-state index in [1.54, 1.807) is 13.2 Å². The van der Waals surface area contributed by atoms with E-state index in [9.17, 15) is 4.79 Å². The van der Waals surface area contributed by atoms with E-state index in [2.05, 4.69) is 0 Å². The third kappa shape index (κ3) is 4.52. The van der Waals surface area contributed by atoms with Crippen LogP contribution in [-0.4, -0.2) is 37.6 Å². The van der Waals surface area contributed by atoms with Crippen molar-refractivity contribution in [3.8, 4) is 11.5 Å². The number of rotatable bonds is 5. The van der Waals surface area contributed by atoms with E-state index in [4.69, 9.17) is 9.47 Å². The summed E-state index contributed by atoms with van der Waals surface area (Å²) in [6, 6.07) is 5.69. The predicted molar refractivity (Wildman–Crippen MR) is 88.2 cm³/mol. The molecular formula is C18H25NO3. The predicted octanol–water partition coefficient (Wildman–Crippen LogP) is 3.51. The van der Waals surface area contributed by atoms with E-state index in [0.29, 0.717) is 12.4 Å². The van der Waals surface area contributed by atoms with Crippen LogP contribution in [0.15, 0.2) is 24.3 Å². The average Bonchev–Trinajstić information content (AvgIpc) is 2.83. The second-order valence-corrected chi connectivity index (χ2v) is 5.42. The van der Waals surface area contributed by atoms with Crippen LogP contribution in [0.1, 0.15) is 38.2 Å². The number of hydrogen-bond acceptors (Lipinski definition) is 3.